The quantitative estimate of drug-likeness (QED) is 0.598. The molecule has 0 aliphatic rings. The molecule has 4 rings (SSSR count). The number of fused-ring (bicyclic) bond motifs is 1. The molecule has 0 aliphatic carbocycles. The van der Waals surface area contributed by atoms with Gasteiger partial charge in [-0.3, -0.25) is 4.40 Å². The Balaban J connectivity index is 1.77. The molecule has 0 amide bonds. The number of halogens is 1. The number of aliphatic hydroxyl groups is 1. The van der Waals surface area contributed by atoms with E-state index in [4.69, 9.17) is 16.3 Å². The van der Waals surface area contributed by atoms with Crippen LogP contribution in [0.25, 0.3) is 11.2 Å². The first-order chi connectivity index (χ1) is 12.6. The molecule has 0 saturated carbocycles. The summed E-state index contributed by atoms with van der Waals surface area (Å²) in [6.45, 7) is 1.85. The van der Waals surface area contributed by atoms with Crippen LogP contribution in [0.2, 0.25) is 5.02 Å². The fourth-order valence-corrected chi connectivity index (χ4v) is 3.20. The second-order valence-electron chi connectivity index (χ2n) is 5.83. The Kier molecular flexibility index (Phi) is 4.10. The zero-order valence-corrected chi connectivity index (χ0v) is 14.9. The molecule has 7 nitrogen and oxygen atoms in total. The molecule has 1 aromatic carbocycles. The number of pyridine rings is 1. The van der Waals surface area contributed by atoms with Gasteiger partial charge < -0.3 is 9.84 Å². The highest BCUT2D eigenvalue weighted by atomic mass is 35.5. The summed E-state index contributed by atoms with van der Waals surface area (Å²) >= 11 is 6.34. The van der Waals surface area contributed by atoms with Gasteiger partial charge in [0.25, 0.3) is 0 Å². The first-order valence-electron chi connectivity index (χ1n) is 7.95. The highest BCUT2D eigenvalue weighted by Gasteiger charge is 2.24. The molecule has 0 fully saturated rings. The Labute approximate surface area is 154 Å². The number of imidazole rings is 1. The molecule has 1 N–H and O–H groups in total. The number of ether oxygens (including phenoxy) is 1. The molecule has 0 saturated heterocycles. The molecule has 0 bridgehead atoms. The summed E-state index contributed by atoms with van der Waals surface area (Å²) in [7, 11) is 1.62. The van der Waals surface area contributed by atoms with Crippen molar-refractivity contribution in [2.24, 2.45) is 0 Å². The maximum Gasteiger partial charge on any atom is 0.141 e. The van der Waals surface area contributed by atoms with Crippen molar-refractivity contribution in [2.45, 2.75) is 13.0 Å². The van der Waals surface area contributed by atoms with Crippen molar-refractivity contribution in [1.29, 1.82) is 0 Å². The van der Waals surface area contributed by atoms with Crippen LogP contribution in [0.1, 0.15) is 23.2 Å². The van der Waals surface area contributed by atoms with Crippen molar-refractivity contribution < 1.29 is 9.84 Å². The molecule has 0 radical (unpaired) electrons. The summed E-state index contributed by atoms with van der Waals surface area (Å²) in [6, 6.07) is 11.0. The van der Waals surface area contributed by atoms with E-state index in [0.717, 1.165) is 22.6 Å². The van der Waals surface area contributed by atoms with Gasteiger partial charge in [0.05, 0.1) is 47.2 Å². The van der Waals surface area contributed by atoms with Gasteiger partial charge in [-0.15, -0.1) is 5.10 Å². The van der Waals surface area contributed by atoms with Crippen LogP contribution in [0.3, 0.4) is 0 Å². The van der Waals surface area contributed by atoms with Gasteiger partial charge in [0, 0.05) is 0 Å². The summed E-state index contributed by atoms with van der Waals surface area (Å²) in [5.74, 6) is 0.755. The van der Waals surface area contributed by atoms with Crippen molar-refractivity contribution in [3.63, 3.8) is 0 Å². The van der Waals surface area contributed by atoms with E-state index >= 15 is 0 Å². The lowest BCUT2D eigenvalue weighted by molar-refractivity contribution is 0.208. The normalized spacial score (nSPS) is 12.5. The molecule has 3 aromatic heterocycles. The minimum atomic E-state index is -1.03. The van der Waals surface area contributed by atoms with E-state index < -0.39 is 6.10 Å². The second kappa shape index (κ2) is 6.44. The third-order valence-electron chi connectivity index (χ3n) is 4.34. The van der Waals surface area contributed by atoms with E-state index in [0.29, 0.717) is 16.4 Å². The maximum atomic E-state index is 10.9. The molecular weight excluding hydrogens is 354 g/mol. The fraction of sp³-hybridized carbons (Fsp3) is 0.167. The Morgan fingerprint density at radius 3 is 2.65 bits per heavy atom. The Morgan fingerprint density at radius 2 is 1.92 bits per heavy atom. The molecule has 1 unspecified atom stereocenters. The van der Waals surface area contributed by atoms with Gasteiger partial charge in [0.1, 0.15) is 17.5 Å². The van der Waals surface area contributed by atoms with Crippen molar-refractivity contribution in [3.8, 4) is 11.4 Å². The largest absolute Gasteiger partial charge is 0.497 e. The van der Waals surface area contributed by atoms with Crippen molar-refractivity contribution in [1.82, 2.24) is 24.4 Å². The second-order valence-corrected chi connectivity index (χ2v) is 6.23. The molecule has 132 valence electrons. The lowest BCUT2D eigenvalue weighted by atomic mass is 10.1. The highest BCUT2D eigenvalue weighted by Crippen LogP contribution is 2.30. The third kappa shape index (κ3) is 2.61. The van der Waals surface area contributed by atoms with Crippen LogP contribution in [0, 0.1) is 6.92 Å². The first kappa shape index (κ1) is 16.6. The molecular formula is C18H16ClN5O2. The molecule has 0 aliphatic heterocycles. The number of hydrogen-bond acceptors (Lipinski definition) is 5. The third-order valence-corrected chi connectivity index (χ3v) is 4.66. The number of aromatic nitrogens is 5. The van der Waals surface area contributed by atoms with Gasteiger partial charge in [-0.1, -0.05) is 16.8 Å². The van der Waals surface area contributed by atoms with Gasteiger partial charge in [0.2, 0.25) is 0 Å². The molecule has 3 heterocycles. The van der Waals surface area contributed by atoms with Gasteiger partial charge in [-0.2, -0.15) is 0 Å². The molecule has 8 heteroatoms. The summed E-state index contributed by atoms with van der Waals surface area (Å²) in [5, 5.41) is 19.7. The fourth-order valence-electron chi connectivity index (χ4n) is 2.94. The number of benzene rings is 1. The molecule has 26 heavy (non-hydrogen) atoms. The summed E-state index contributed by atoms with van der Waals surface area (Å²) in [4.78, 5) is 4.11. The topological polar surface area (TPSA) is 77.5 Å². The van der Waals surface area contributed by atoms with Crippen LogP contribution < -0.4 is 4.74 Å². The molecule has 4 aromatic rings. The lowest BCUT2D eigenvalue weighted by Gasteiger charge is -2.14. The van der Waals surface area contributed by atoms with E-state index in [-0.39, 0.29) is 0 Å². The van der Waals surface area contributed by atoms with Gasteiger partial charge in [0.15, 0.2) is 0 Å². The zero-order valence-electron chi connectivity index (χ0n) is 14.2. The van der Waals surface area contributed by atoms with Crippen molar-refractivity contribution in [2.75, 3.05) is 7.11 Å². The average molecular weight is 370 g/mol. The van der Waals surface area contributed by atoms with Gasteiger partial charge in [-0.05, 0) is 43.3 Å². The number of aliphatic hydroxyl groups excluding tert-OH is 1. The Bertz CT molecular complexity index is 1070. The summed E-state index contributed by atoms with van der Waals surface area (Å²) < 4.78 is 8.59. The number of methoxy groups -OCH3 is 1. The van der Waals surface area contributed by atoms with Crippen LogP contribution in [0.5, 0.6) is 5.75 Å². The summed E-state index contributed by atoms with van der Waals surface area (Å²) in [5.41, 5.74) is 3.32. The SMILES string of the molecule is COc1ccc(-n2nnc(C(O)c3c(Cl)ccc4cncn34)c2C)cc1. The zero-order chi connectivity index (χ0) is 18.3. The Hall–Kier alpha value is -2.90. The maximum absolute atomic E-state index is 10.9. The van der Waals surface area contributed by atoms with Crippen LogP contribution in [-0.2, 0) is 0 Å². The van der Waals surface area contributed by atoms with E-state index in [2.05, 4.69) is 15.3 Å². The lowest BCUT2D eigenvalue weighted by Crippen LogP contribution is -2.09. The first-order valence-corrected chi connectivity index (χ1v) is 8.33. The molecule has 0 spiro atoms. The average Bonchev–Trinajstić information content (AvgIpc) is 3.28. The molecule has 1 atom stereocenters. The monoisotopic (exact) mass is 369 g/mol. The van der Waals surface area contributed by atoms with E-state index in [1.54, 1.807) is 34.8 Å². The summed E-state index contributed by atoms with van der Waals surface area (Å²) in [6.07, 6.45) is 2.28. The van der Waals surface area contributed by atoms with Crippen molar-refractivity contribution >= 4 is 17.1 Å². The highest BCUT2D eigenvalue weighted by molar-refractivity contribution is 6.31. The predicted molar refractivity (Wildman–Crippen MR) is 96.9 cm³/mol. The number of rotatable bonds is 4. The van der Waals surface area contributed by atoms with Crippen LogP contribution >= 0.6 is 11.6 Å². The Morgan fingerprint density at radius 1 is 1.15 bits per heavy atom. The smallest absolute Gasteiger partial charge is 0.141 e. The number of nitrogens with zero attached hydrogens (tertiary/aromatic N) is 5. The standard InChI is InChI=1S/C18H16ClN5O2/c1-11-16(21-22-24(11)12-3-6-14(26-2)7-4-12)18(25)17-15(19)8-5-13-9-20-10-23(13)17/h3-10,18,25H,1-2H3. The van der Waals surface area contributed by atoms with Crippen LogP contribution in [0.15, 0.2) is 48.9 Å². The van der Waals surface area contributed by atoms with Gasteiger partial charge >= 0.3 is 0 Å². The van der Waals surface area contributed by atoms with Crippen LogP contribution in [0.4, 0.5) is 0 Å². The van der Waals surface area contributed by atoms with Gasteiger partial charge in [-0.25, -0.2) is 9.67 Å². The number of hydrogen-bond donors (Lipinski definition) is 1. The van der Waals surface area contributed by atoms with E-state index in [1.165, 1.54) is 0 Å². The van der Waals surface area contributed by atoms with E-state index in [9.17, 15) is 5.11 Å². The van der Waals surface area contributed by atoms with E-state index in [1.807, 2.05) is 37.3 Å². The van der Waals surface area contributed by atoms with Crippen molar-refractivity contribution in [3.05, 3.63) is 71.0 Å². The van der Waals surface area contributed by atoms with Crippen LogP contribution in [-0.4, -0.2) is 36.6 Å². The minimum Gasteiger partial charge on any atom is -0.497 e. The minimum absolute atomic E-state index is 0.432. The predicted octanol–water partition coefficient (Wildman–Crippen LogP) is 2.97.